The number of ether oxygens (including phenoxy) is 1. The van der Waals surface area contributed by atoms with Crippen LogP contribution in [-0.2, 0) is 4.79 Å². The standard InChI is InChI=1S/C20H18O2S3/c1-14-6-8-16(9-7-14)24-11-10-22-18-5-3-2-4-15(18)12-19-17(21)13-20(23)25-19/h2-9,12H,10-11,13H2,1H3. The molecular formula is C20H18O2S3. The molecule has 1 heterocycles. The van der Waals surface area contributed by atoms with Crippen LogP contribution in [0.4, 0.5) is 0 Å². The maximum absolute atomic E-state index is 11.9. The van der Waals surface area contributed by atoms with Gasteiger partial charge in [0.15, 0.2) is 5.78 Å². The molecule has 0 aliphatic carbocycles. The van der Waals surface area contributed by atoms with Gasteiger partial charge in [-0.3, -0.25) is 4.79 Å². The Morgan fingerprint density at radius 3 is 2.68 bits per heavy atom. The quantitative estimate of drug-likeness (QED) is 0.281. The molecule has 0 spiro atoms. The van der Waals surface area contributed by atoms with Crippen molar-refractivity contribution in [3.05, 3.63) is 64.6 Å². The number of ketones is 1. The summed E-state index contributed by atoms with van der Waals surface area (Å²) in [5.74, 6) is 1.76. The summed E-state index contributed by atoms with van der Waals surface area (Å²) in [6, 6.07) is 16.3. The van der Waals surface area contributed by atoms with Gasteiger partial charge in [0, 0.05) is 16.2 Å². The van der Waals surface area contributed by atoms with Gasteiger partial charge in [-0.05, 0) is 31.2 Å². The van der Waals surface area contributed by atoms with Crippen molar-refractivity contribution in [1.29, 1.82) is 0 Å². The van der Waals surface area contributed by atoms with Crippen LogP contribution in [-0.4, -0.2) is 22.3 Å². The van der Waals surface area contributed by atoms with Crippen molar-refractivity contribution in [2.45, 2.75) is 18.2 Å². The van der Waals surface area contributed by atoms with Gasteiger partial charge in [0.25, 0.3) is 0 Å². The van der Waals surface area contributed by atoms with E-state index in [-0.39, 0.29) is 5.78 Å². The van der Waals surface area contributed by atoms with Gasteiger partial charge in [-0.15, -0.1) is 11.8 Å². The lowest BCUT2D eigenvalue weighted by molar-refractivity contribution is -0.113. The molecule has 25 heavy (non-hydrogen) atoms. The van der Waals surface area contributed by atoms with Crippen molar-refractivity contribution in [3.63, 3.8) is 0 Å². The number of carbonyl (C=O) groups excluding carboxylic acids is 1. The summed E-state index contributed by atoms with van der Waals surface area (Å²) in [5, 5.41) is 0. The van der Waals surface area contributed by atoms with Crippen LogP contribution in [0.5, 0.6) is 5.75 Å². The zero-order valence-electron chi connectivity index (χ0n) is 13.9. The second-order valence-electron chi connectivity index (χ2n) is 5.63. The van der Waals surface area contributed by atoms with Crippen LogP contribution in [0, 0.1) is 6.92 Å². The Morgan fingerprint density at radius 1 is 1.20 bits per heavy atom. The monoisotopic (exact) mass is 386 g/mol. The third-order valence-electron chi connectivity index (χ3n) is 3.64. The molecule has 0 aromatic heterocycles. The summed E-state index contributed by atoms with van der Waals surface area (Å²) in [4.78, 5) is 13.9. The fourth-order valence-electron chi connectivity index (χ4n) is 2.36. The molecule has 3 rings (SSSR count). The Bertz CT molecular complexity index is 810. The molecule has 0 radical (unpaired) electrons. The fourth-order valence-corrected chi connectivity index (χ4v) is 4.31. The predicted molar refractivity (Wildman–Crippen MR) is 112 cm³/mol. The van der Waals surface area contributed by atoms with E-state index in [9.17, 15) is 4.79 Å². The van der Waals surface area contributed by atoms with E-state index in [1.165, 1.54) is 22.2 Å². The lowest BCUT2D eigenvalue weighted by Crippen LogP contribution is -2.01. The summed E-state index contributed by atoms with van der Waals surface area (Å²) in [6.45, 7) is 2.70. The topological polar surface area (TPSA) is 26.3 Å². The minimum absolute atomic E-state index is 0.0970. The average molecular weight is 387 g/mol. The largest absolute Gasteiger partial charge is 0.492 e. The first-order valence-electron chi connectivity index (χ1n) is 7.99. The number of carbonyl (C=O) groups is 1. The van der Waals surface area contributed by atoms with Crippen LogP contribution >= 0.6 is 35.7 Å². The highest BCUT2D eigenvalue weighted by Crippen LogP contribution is 2.33. The van der Waals surface area contributed by atoms with Crippen LogP contribution < -0.4 is 4.74 Å². The van der Waals surface area contributed by atoms with Crippen molar-refractivity contribution in [2.75, 3.05) is 12.4 Å². The molecule has 0 unspecified atom stereocenters. The molecule has 2 aromatic rings. The third kappa shape index (κ3) is 5.21. The molecule has 1 aliphatic rings. The predicted octanol–water partition coefficient (Wildman–Crippen LogP) is 5.54. The zero-order chi connectivity index (χ0) is 17.6. The highest BCUT2D eigenvalue weighted by Gasteiger charge is 2.23. The number of hydrogen-bond acceptors (Lipinski definition) is 5. The van der Waals surface area contributed by atoms with Crippen LogP contribution in [0.15, 0.2) is 58.3 Å². The van der Waals surface area contributed by atoms with Crippen molar-refractivity contribution in [1.82, 2.24) is 0 Å². The highest BCUT2D eigenvalue weighted by molar-refractivity contribution is 8.27. The summed E-state index contributed by atoms with van der Waals surface area (Å²) >= 11 is 8.29. The highest BCUT2D eigenvalue weighted by atomic mass is 32.2. The second-order valence-corrected chi connectivity index (χ2v) is 8.69. The summed E-state index contributed by atoms with van der Waals surface area (Å²) in [5.41, 5.74) is 2.18. The Morgan fingerprint density at radius 2 is 1.96 bits per heavy atom. The Balaban J connectivity index is 1.59. The van der Waals surface area contributed by atoms with E-state index in [1.807, 2.05) is 30.3 Å². The Kier molecular flexibility index (Phi) is 6.34. The molecule has 0 amide bonds. The van der Waals surface area contributed by atoms with Crippen molar-refractivity contribution < 1.29 is 9.53 Å². The number of rotatable bonds is 6. The van der Waals surface area contributed by atoms with Crippen molar-refractivity contribution in [3.8, 4) is 5.75 Å². The smallest absolute Gasteiger partial charge is 0.175 e. The number of allylic oxidation sites excluding steroid dienone is 1. The summed E-state index contributed by atoms with van der Waals surface area (Å²) in [7, 11) is 0. The summed E-state index contributed by atoms with van der Waals surface area (Å²) in [6.07, 6.45) is 2.25. The average Bonchev–Trinajstić information content (AvgIpc) is 2.92. The van der Waals surface area contributed by atoms with E-state index in [1.54, 1.807) is 11.8 Å². The number of hydrogen-bond donors (Lipinski definition) is 0. The summed E-state index contributed by atoms with van der Waals surface area (Å²) < 4.78 is 6.68. The van der Waals surface area contributed by atoms with Gasteiger partial charge in [-0.2, -0.15) is 0 Å². The van der Waals surface area contributed by atoms with Gasteiger partial charge in [-0.1, -0.05) is 59.9 Å². The van der Waals surface area contributed by atoms with E-state index in [2.05, 4.69) is 31.2 Å². The van der Waals surface area contributed by atoms with Gasteiger partial charge in [0.2, 0.25) is 0 Å². The molecule has 0 saturated carbocycles. The molecule has 5 heteroatoms. The molecule has 0 bridgehead atoms. The van der Waals surface area contributed by atoms with E-state index in [4.69, 9.17) is 17.0 Å². The normalized spacial score (nSPS) is 15.8. The number of para-hydroxylation sites is 1. The number of aryl methyl sites for hydroxylation is 1. The van der Waals surface area contributed by atoms with Crippen molar-refractivity contribution >= 4 is 51.8 Å². The maximum atomic E-state index is 11.9. The molecular weight excluding hydrogens is 368 g/mol. The lowest BCUT2D eigenvalue weighted by atomic mass is 10.1. The molecule has 1 saturated heterocycles. The number of benzene rings is 2. The molecule has 128 valence electrons. The van der Waals surface area contributed by atoms with Gasteiger partial charge in [0.1, 0.15) is 5.75 Å². The van der Waals surface area contributed by atoms with Crippen LogP contribution in [0.25, 0.3) is 6.08 Å². The Labute approximate surface area is 162 Å². The Hall–Kier alpha value is -1.56. The first-order chi connectivity index (χ1) is 12.1. The van der Waals surface area contributed by atoms with Crippen LogP contribution in [0.2, 0.25) is 0 Å². The SMILES string of the molecule is Cc1ccc(SCCOc2ccccc2C=C2SC(=S)CC2=O)cc1. The number of thioether (sulfide) groups is 2. The first kappa shape index (κ1) is 18.2. The molecule has 0 N–H and O–H groups in total. The number of Topliss-reactive ketones (excluding diaryl/α,β-unsaturated/α-hetero) is 1. The van der Waals surface area contributed by atoms with Gasteiger partial charge < -0.3 is 4.74 Å². The van der Waals surface area contributed by atoms with Crippen LogP contribution in [0.1, 0.15) is 17.5 Å². The minimum Gasteiger partial charge on any atom is -0.492 e. The van der Waals surface area contributed by atoms with Gasteiger partial charge in [0.05, 0.1) is 22.1 Å². The third-order valence-corrected chi connectivity index (χ3v) is 5.95. The van der Waals surface area contributed by atoms with E-state index >= 15 is 0 Å². The molecule has 2 aromatic carbocycles. The first-order valence-corrected chi connectivity index (χ1v) is 10.2. The van der Waals surface area contributed by atoms with Crippen LogP contribution in [0.3, 0.4) is 0 Å². The zero-order valence-corrected chi connectivity index (χ0v) is 16.3. The minimum atomic E-state index is 0.0970. The molecule has 1 aliphatic heterocycles. The van der Waals surface area contributed by atoms with Gasteiger partial charge >= 0.3 is 0 Å². The molecule has 2 nitrogen and oxygen atoms in total. The van der Waals surface area contributed by atoms with E-state index in [0.29, 0.717) is 17.9 Å². The second kappa shape index (κ2) is 8.70. The molecule has 1 fully saturated rings. The van der Waals surface area contributed by atoms with E-state index in [0.717, 1.165) is 21.3 Å². The van der Waals surface area contributed by atoms with Crippen molar-refractivity contribution in [2.24, 2.45) is 0 Å². The fraction of sp³-hybridized carbons (Fsp3) is 0.200. The van der Waals surface area contributed by atoms with Gasteiger partial charge in [-0.25, -0.2) is 0 Å². The molecule has 0 atom stereocenters. The maximum Gasteiger partial charge on any atom is 0.175 e. The van der Waals surface area contributed by atoms with E-state index < -0.39 is 0 Å². The lowest BCUT2D eigenvalue weighted by Gasteiger charge is -2.09. The number of thiocarbonyl (C=S) groups is 1.